The van der Waals surface area contributed by atoms with Crippen molar-refractivity contribution in [2.75, 3.05) is 7.05 Å². The fourth-order valence-electron chi connectivity index (χ4n) is 2.91. The number of tetrazole rings is 1. The molecule has 1 amide bonds. The molecule has 0 spiro atoms. The molecule has 1 atom stereocenters. The van der Waals surface area contributed by atoms with Crippen LogP contribution in [0.15, 0.2) is 48.5 Å². The van der Waals surface area contributed by atoms with Gasteiger partial charge in [0.25, 0.3) is 0 Å². The minimum atomic E-state index is -0.434. The van der Waals surface area contributed by atoms with E-state index in [9.17, 15) is 14.0 Å². The number of halogens is 1. The van der Waals surface area contributed by atoms with Crippen molar-refractivity contribution in [3.05, 3.63) is 65.5 Å². The molecule has 9 heteroatoms. The third kappa shape index (κ3) is 5.50. The number of aromatic nitrogens is 4. The molecular weight excluding hydrogens is 401 g/mol. The van der Waals surface area contributed by atoms with Gasteiger partial charge in [0.15, 0.2) is 0 Å². The molecule has 0 fully saturated rings. The molecule has 0 bridgehead atoms. The first kappa shape index (κ1) is 22.1. The van der Waals surface area contributed by atoms with Crippen LogP contribution in [-0.2, 0) is 16.1 Å². The number of benzene rings is 2. The summed E-state index contributed by atoms with van der Waals surface area (Å²) in [6.07, 6.45) is -0.226. The zero-order chi connectivity index (χ0) is 22.5. The number of nitrogens with zero attached hydrogens (tertiary/aromatic N) is 5. The van der Waals surface area contributed by atoms with E-state index in [4.69, 9.17) is 4.74 Å². The Balaban J connectivity index is 1.69. The number of rotatable bonds is 7. The topological polar surface area (TPSA) is 90.2 Å². The number of hydrogen-bond donors (Lipinski definition) is 0. The highest BCUT2D eigenvalue weighted by Crippen LogP contribution is 2.20. The molecule has 0 aliphatic heterocycles. The van der Waals surface area contributed by atoms with E-state index in [2.05, 4.69) is 15.4 Å². The predicted molar refractivity (Wildman–Crippen MR) is 111 cm³/mol. The zero-order valence-corrected chi connectivity index (χ0v) is 17.8. The van der Waals surface area contributed by atoms with Crippen molar-refractivity contribution in [3.63, 3.8) is 0 Å². The summed E-state index contributed by atoms with van der Waals surface area (Å²) in [5.41, 5.74) is 1.78. The van der Waals surface area contributed by atoms with Gasteiger partial charge in [-0.1, -0.05) is 24.3 Å². The van der Waals surface area contributed by atoms with E-state index in [0.29, 0.717) is 17.0 Å². The van der Waals surface area contributed by atoms with Crippen LogP contribution in [0.5, 0.6) is 0 Å². The fourth-order valence-corrected chi connectivity index (χ4v) is 2.91. The third-order valence-corrected chi connectivity index (χ3v) is 4.76. The van der Waals surface area contributed by atoms with Gasteiger partial charge in [-0.25, -0.2) is 9.18 Å². The van der Waals surface area contributed by atoms with E-state index in [1.54, 1.807) is 62.2 Å². The van der Waals surface area contributed by atoms with Crippen LogP contribution in [0.4, 0.5) is 4.39 Å². The second-order valence-electron chi connectivity index (χ2n) is 7.41. The van der Waals surface area contributed by atoms with Crippen molar-refractivity contribution >= 4 is 11.9 Å². The molecule has 1 aromatic heterocycles. The molecule has 0 saturated heterocycles. The monoisotopic (exact) mass is 425 g/mol. The van der Waals surface area contributed by atoms with Crippen molar-refractivity contribution in [3.8, 4) is 11.4 Å². The van der Waals surface area contributed by atoms with Crippen LogP contribution in [-0.4, -0.2) is 50.1 Å². The summed E-state index contributed by atoms with van der Waals surface area (Å²) in [5, 5.41) is 12.2. The molecule has 3 aromatic rings. The lowest BCUT2D eigenvalue weighted by molar-refractivity contribution is -0.132. The highest BCUT2D eigenvalue weighted by molar-refractivity contribution is 5.90. The first-order valence-electron chi connectivity index (χ1n) is 9.85. The van der Waals surface area contributed by atoms with Gasteiger partial charge in [0.2, 0.25) is 11.7 Å². The lowest BCUT2D eigenvalue weighted by Crippen LogP contribution is -2.33. The molecule has 162 valence electrons. The molecule has 8 nitrogen and oxygen atoms in total. The summed E-state index contributed by atoms with van der Waals surface area (Å²) in [6, 6.07) is 12.5. The van der Waals surface area contributed by atoms with Gasteiger partial charge in [0, 0.05) is 12.6 Å². The standard InChI is InChI=1S/C22H24FN5O3/c1-14(2)31-22(30)18-7-5-6-17(12-18)21-24-26-28(25-21)13-20(29)27(4)15(3)16-8-10-19(23)11-9-16/h5-12,14-15H,13H2,1-4H3. The minimum absolute atomic E-state index is 0.107. The van der Waals surface area contributed by atoms with Crippen LogP contribution in [0, 0.1) is 5.82 Å². The number of carbonyl (C=O) groups excluding carboxylic acids is 2. The van der Waals surface area contributed by atoms with Crippen molar-refractivity contribution in [2.24, 2.45) is 0 Å². The molecule has 0 aliphatic carbocycles. The molecule has 0 radical (unpaired) electrons. The Bertz CT molecular complexity index is 1070. The Morgan fingerprint density at radius 1 is 1.13 bits per heavy atom. The smallest absolute Gasteiger partial charge is 0.338 e. The van der Waals surface area contributed by atoms with Gasteiger partial charge in [0.1, 0.15) is 12.4 Å². The van der Waals surface area contributed by atoms with Gasteiger partial charge in [-0.15, -0.1) is 10.2 Å². The Kier molecular flexibility index (Phi) is 6.74. The molecule has 3 rings (SSSR count). The molecule has 1 unspecified atom stereocenters. The van der Waals surface area contributed by atoms with Gasteiger partial charge in [0.05, 0.1) is 17.7 Å². The number of amides is 1. The summed E-state index contributed by atoms with van der Waals surface area (Å²) < 4.78 is 18.3. The second kappa shape index (κ2) is 9.46. The third-order valence-electron chi connectivity index (χ3n) is 4.76. The van der Waals surface area contributed by atoms with Gasteiger partial charge in [-0.05, 0) is 55.8 Å². The Labute approximate surface area is 179 Å². The van der Waals surface area contributed by atoms with E-state index >= 15 is 0 Å². The lowest BCUT2D eigenvalue weighted by Gasteiger charge is -2.25. The first-order valence-corrected chi connectivity index (χ1v) is 9.85. The van der Waals surface area contributed by atoms with Crippen LogP contribution in [0.25, 0.3) is 11.4 Å². The van der Waals surface area contributed by atoms with Gasteiger partial charge < -0.3 is 9.64 Å². The Morgan fingerprint density at radius 3 is 2.52 bits per heavy atom. The summed E-state index contributed by atoms with van der Waals surface area (Å²) in [5.74, 6) is -0.696. The molecular formula is C22H24FN5O3. The molecule has 0 saturated carbocycles. The maximum Gasteiger partial charge on any atom is 0.338 e. The van der Waals surface area contributed by atoms with Crippen molar-refractivity contribution in [1.29, 1.82) is 0 Å². The average Bonchev–Trinajstić information content (AvgIpc) is 3.21. The van der Waals surface area contributed by atoms with E-state index in [0.717, 1.165) is 5.56 Å². The highest BCUT2D eigenvalue weighted by atomic mass is 19.1. The zero-order valence-electron chi connectivity index (χ0n) is 17.8. The summed E-state index contributed by atoms with van der Waals surface area (Å²) >= 11 is 0. The number of likely N-dealkylation sites (N-methyl/N-ethyl adjacent to an activating group) is 1. The molecule has 2 aromatic carbocycles. The van der Waals surface area contributed by atoms with Gasteiger partial charge in [-0.3, -0.25) is 4.79 Å². The van der Waals surface area contributed by atoms with Crippen molar-refractivity contribution < 1.29 is 18.7 Å². The number of carbonyl (C=O) groups is 2. The van der Waals surface area contributed by atoms with Crippen LogP contribution in [0.2, 0.25) is 0 Å². The summed E-state index contributed by atoms with van der Waals surface area (Å²) in [4.78, 5) is 27.5. The maximum atomic E-state index is 13.1. The maximum absolute atomic E-state index is 13.1. The molecule has 31 heavy (non-hydrogen) atoms. The highest BCUT2D eigenvalue weighted by Gasteiger charge is 2.19. The van der Waals surface area contributed by atoms with E-state index in [1.165, 1.54) is 16.9 Å². The molecule has 1 heterocycles. The van der Waals surface area contributed by atoms with Crippen molar-refractivity contribution in [2.45, 2.75) is 39.5 Å². The second-order valence-corrected chi connectivity index (χ2v) is 7.41. The molecule has 0 aliphatic rings. The number of hydrogen-bond acceptors (Lipinski definition) is 6. The number of esters is 1. The first-order chi connectivity index (χ1) is 14.7. The summed E-state index contributed by atoms with van der Waals surface area (Å²) in [7, 11) is 1.66. The van der Waals surface area contributed by atoms with Crippen LogP contribution >= 0.6 is 0 Å². The largest absolute Gasteiger partial charge is 0.459 e. The Morgan fingerprint density at radius 2 is 1.84 bits per heavy atom. The normalized spacial score (nSPS) is 11.9. The van der Waals surface area contributed by atoms with Gasteiger partial charge in [-0.2, -0.15) is 4.80 Å². The van der Waals surface area contributed by atoms with Crippen molar-refractivity contribution in [1.82, 2.24) is 25.1 Å². The average molecular weight is 425 g/mol. The molecule has 0 N–H and O–H groups in total. The van der Waals surface area contributed by atoms with E-state index < -0.39 is 5.97 Å². The van der Waals surface area contributed by atoms with E-state index in [-0.39, 0.29) is 30.4 Å². The summed E-state index contributed by atoms with van der Waals surface area (Å²) in [6.45, 7) is 5.30. The lowest BCUT2D eigenvalue weighted by atomic mass is 10.1. The Hall–Kier alpha value is -3.62. The van der Waals surface area contributed by atoms with E-state index in [1.807, 2.05) is 6.92 Å². The van der Waals surface area contributed by atoms with Crippen LogP contribution in [0.1, 0.15) is 42.7 Å². The van der Waals surface area contributed by atoms with Crippen LogP contribution in [0.3, 0.4) is 0 Å². The fraction of sp³-hybridized carbons (Fsp3) is 0.318. The van der Waals surface area contributed by atoms with Gasteiger partial charge >= 0.3 is 5.97 Å². The minimum Gasteiger partial charge on any atom is -0.459 e. The number of ether oxygens (including phenoxy) is 1. The predicted octanol–water partition coefficient (Wildman–Crippen LogP) is 3.26. The SMILES string of the molecule is CC(C)OC(=O)c1cccc(-c2nnn(CC(=O)N(C)C(C)c3ccc(F)cc3)n2)c1. The quantitative estimate of drug-likeness (QED) is 0.540. The van der Waals surface area contributed by atoms with Crippen LogP contribution < -0.4 is 0 Å².